The van der Waals surface area contributed by atoms with Gasteiger partial charge in [-0.1, -0.05) is 35.0 Å². The van der Waals surface area contributed by atoms with Crippen LogP contribution in [0.1, 0.15) is 30.2 Å². The van der Waals surface area contributed by atoms with Crippen molar-refractivity contribution in [3.63, 3.8) is 0 Å². The normalized spacial score (nSPS) is 14.5. The third-order valence-corrected chi connectivity index (χ3v) is 4.86. The molecule has 96 valence electrons. The van der Waals surface area contributed by atoms with Crippen molar-refractivity contribution in [2.24, 2.45) is 5.73 Å². The molecule has 1 heterocycles. The molecule has 1 aromatic heterocycles. The summed E-state index contributed by atoms with van der Waals surface area (Å²) in [5.41, 5.74) is 8.11. The summed E-state index contributed by atoms with van der Waals surface area (Å²) >= 11 is 5.19. The Kier molecular flexibility index (Phi) is 3.90. The number of aryl methyl sites for hydroxylation is 1. The molecule has 2 nitrogen and oxygen atoms in total. The van der Waals surface area contributed by atoms with Crippen molar-refractivity contribution in [2.75, 3.05) is 0 Å². The summed E-state index contributed by atoms with van der Waals surface area (Å²) in [6, 6.07) is 8.21. The van der Waals surface area contributed by atoms with Gasteiger partial charge >= 0.3 is 0 Å². The van der Waals surface area contributed by atoms with Crippen molar-refractivity contribution < 1.29 is 0 Å². The molecule has 0 spiro atoms. The first-order chi connectivity index (χ1) is 8.44. The summed E-state index contributed by atoms with van der Waals surface area (Å²) in [6.45, 7) is 6.23. The van der Waals surface area contributed by atoms with Crippen molar-refractivity contribution in [3.05, 3.63) is 38.6 Å². The van der Waals surface area contributed by atoms with E-state index in [4.69, 9.17) is 10.7 Å². The molecule has 0 aliphatic heterocycles. The van der Waals surface area contributed by atoms with Crippen LogP contribution in [0, 0.1) is 6.92 Å². The number of nitrogens with two attached hydrogens (primary N) is 1. The fourth-order valence-electron chi connectivity index (χ4n) is 1.70. The maximum Gasteiger partial charge on any atom is 0.113 e. The molecule has 0 saturated carbocycles. The summed E-state index contributed by atoms with van der Waals surface area (Å²) in [4.78, 5) is 5.95. The lowest BCUT2D eigenvalue weighted by atomic mass is 10.0. The van der Waals surface area contributed by atoms with E-state index in [1.54, 1.807) is 11.3 Å². The van der Waals surface area contributed by atoms with Gasteiger partial charge in [-0.2, -0.15) is 0 Å². The Morgan fingerprint density at radius 3 is 2.78 bits per heavy atom. The average molecular weight is 325 g/mol. The highest BCUT2D eigenvalue weighted by molar-refractivity contribution is 9.10. The summed E-state index contributed by atoms with van der Waals surface area (Å²) in [5, 5.41) is 1.01. The molecule has 2 N–H and O–H groups in total. The Balaban J connectivity index is 2.48. The zero-order valence-electron chi connectivity index (χ0n) is 10.8. The lowest BCUT2D eigenvalue weighted by Crippen LogP contribution is -2.31. The summed E-state index contributed by atoms with van der Waals surface area (Å²) in [6.07, 6.45) is 0.887. The van der Waals surface area contributed by atoms with E-state index in [-0.39, 0.29) is 5.54 Å². The van der Waals surface area contributed by atoms with Gasteiger partial charge in [-0.3, -0.25) is 0 Å². The maximum absolute atomic E-state index is 6.27. The number of nitrogens with zero attached hydrogens (tertiary/aromatic N) is 1. The maximum atomic E-state index is 6.27. The van der Waals surface area contributed by atoms with Crippen LogP contribution in [-0.4, -0.2) is 4.98 Å². The van der Waals surface area contributed by atoms with E-state index in [1.165, 1.54) is 4.88 Å². The van der Waals surface area contributed by atoms with Gasteiger partial charge in [-0.05, 0) is 32.4 Å². The highest BCUT2D eigenvalue weighted by Crippen LogP contribution is 2.34. The van der Waals surface area contributed by atoms with Crippen LogP contribution in [0.4, 0.5) is 0 Å². The summed E-state index contributed by atoms with van der Waals surface area (Å²) in [7, 11) is 0. The number of hydrogen-bond donors (Lipinski definition) is 1. The van der Waals surface area contributed by atoms with E-state index >= 15 is 0 Å². The number of halogens is 1. The smallest absolute Gasteiger partial charge is 0.113 e. The van der Waals surface area contributed by atoms with Crippen molar-refractivity contribution in [3.8, 4) is 11.3 Å². The molecule has 18 heavy (non-hydrogen) atoms. The molecule has 1 aromatic carbocycles. The van der Waals surface area contributed by atoms with E-state index in [9.17, 15) is 0 Å². The first-order valence-electron chi connectivity index (χ1n) is 5.97. The number of aromatic nitrogens is 1. The lowest BCUT2D eigenvalue weighted by molar-refractivity contribution is 0.474. The summed E-state index contributed by atoms with van der Waals surface area (Å²) in [5.74, 6) is 0. The quantitative estimate of drug-likeness (QED) is 0.904. The van der Waals surface area contributed by atoms with Gasteiger partial charge in [0.05, 0.1) is 11.2 Å². The van der Waals surface area contributed by atoms with Crippen molar-refractivity contribution in [1.82, 2.24) is 4.98 Å². The van der Waals surface area contributed by atoms with Gasteiger partial charge in [0.25, 0.3) is 0 Å². The third kappa shape index (κ3) is 2.66. The van der Waals surface area contributed by atoms with Gasteiger partial charge in [-0.15, -0.1) is 11.3 Å². The topological polar surface area (TPSA) is 38.9 Å². The fourth-order valence-corrected chi connectivity index (χ4v) is 3.16. The van der Waals surface area contributed by atoms with Crippen LogP contribution >= 0.6 is 27.3 Å². The number of hydrogen-bond acceptors (Lipinski definition) is 3. The number of rotatable bonds is 3. The van der Waals surface area contributed by atoms with E-state index < -0.39 is 0 Å². The van der Waals surface area contributed by atoms with Crippen molar-refractivity contribution in [2.45, 2.75) is 32.7 Å². The largest absolute Gasteiger partial charge is 0.320 e. The van der Waals surface area contributed by atoms with Crippen molar-refractivity contribution in [1.29, 1.82) is 0 Å². The Labute approximate surface area is 120 Å². The molecule has 0 saturated heterocycles. The SMILES string of the molecule is CCC(C)(N)c1nc(-c2cccc(Br)c2)c(C)s1. The molecule has 0 amide bonds. The van der Waals surface area contributed by atoms with Gasteiger partial charge in [0.1, 0.15) is 5.01 Å². The predicted octanol–water partition coefficient (Wildman–Crippen LogP) is 4.46. The number of thiazole rings is 1. The average Bonchev–Trinajstić information content (AvgIpc) is 2.72. The molecular weight excluding hydrogens is 308 g/mol. The van der Waals surface area contributed by atoms with Gasteiger partial charge < -0.3 is 5.73 Å². The van der Waals surface area contributed by atoms with E-state index in [2.05, 4.69) is 41.9 Å². The van der Waals surface area contributed by atoms with Crippen LogP contribution < -0.4 is 5.73 Å². The van der Waals surface area contributed by atoms with Gasteiger partial charge in [0, 0.05) is 14.9 Å². The Morgan fingerprint density at radius 2 is 2.17 bits per heavy atom. The molecule has 1 unspecified atom stereocenters. The summed E-state index contributed by atoms with van der Waals surface area (Å²) < 4.78 is 1.07. The van der Waals surface area contributed by atoms with E-state index in [1.807, 2.05) is 19.1 Å². The molecule has 2 aromatic rings. The molecule has 4 heteroatoms. The fraction of sp³-hybridized carbons (Fsp3) is 0.357. The second-order valence-corrected chi connectivity index (χ2v) is 6.82. The molecule has 0 aliphatic rings. The standard InChI is InChI=1S/C14H17BrN2S/c1-4-14(3,16)13-17-12(9(2)18-13)10-6-5-7-11(15)8-10/h5-8H,4,16H2,1-3H3. The van der Waals surface area contributed by atoms with Crippen LogP contribution in [0.2, 0.25) is 0 Å². The van der Waals surface area contributed by atoms with Crippen LogP contribution in [0.3, 0.4) is 0 Å². The van der Waals surface area contributed by atoms with Gasteiger partial charge in [0.15, 0.2) is 0 Å². The highest BCUT2D eigenvalue weighted by atomic mass is 79.9. The minimum atomic E-state index is -0.334. The monoisotopic (exact) mass is 324 g/mol. The first kappa shape index (κ1) is 13.7. The molecule has 0 radical (unpaired) electrons. The second-order valence-electron chi connectivity index (χ2n) is 4.71. The van der Waals surface area contributed by atoms with Crippen LogP contribution in [-0.2, 0) is 5.54 Å². The molecule has 2 rings (SSSR count). The minimum absolute atomic E-state index is 0.334. The third-order valence-electron chi connectivity index (χ3n) is 3.12. The lowest BCUT2D eigenvalue weighted by Gasteiger charge is -2.18. The van der Waals surface area contributed by atoms with E-state index in [0.29, 0.717) is 0 Å². The van der Waals surface area contributed by atoms with Gasteiger partial charge in [-0.25, -0.2) is 4.98 Å². The van der Waals surface area contributed by atoms with Crippen molar-refractivity contribution >= 4 is 27.3 Å². The second kappa shape index (κ2) is 5.11. The molecule has 0 bridgehead atoms. The highest BCUT2D eigenvalue weighted by Gasteiger charge is 2.24. The molecule has 0 aliphatic carbocycles. The Morgan fingerprint density at radius 1 is 1.44 bits per heavy atom. The Hall–Kier alpha value is -0.710. The minimum Gasteiger partial charge on any atom is -0.320 e. The predicted molar refractivity (Wildman–Crippen MR) is 81.8 cm³/mol. The van der Waals surface area contributed by atoms with Crippen LogP contribution in [0.25, 0.3) is 11.3 Å². The molecule has 0 fully saturated rings. The molecular formula is C14H17BrN2S. The zero-order chi connectivity index (χ0) is 13.3. The van der Waals surface area contributed by atoms with Gasteiger partial charge in [0.2, 0.25) is 0 Å². The van der Waals surface area contributed by atoms with Crippen LogP contribution in [0.15, 0.2) is 28.7 Å². The molecule has 1 atom stereocenters. The Bertz CT molecular complexity index is 561. The number of benzene rings is 1. The first-order valence-corrected chi connectivity index (χ1v) is 7.57. The zero-order valence-corrected chi connectivity index (χ0v) is 13.2. The van der Waals surface area contributed by atoms with Crippen LogP contribution in [0.5, 0.6) is 0 Å². The van der Waals surface area contributed by atoms with E-state index in [0.717, 1.165) is 27.2 Å².